The Kier molecular flexibility index (Phi) is 4.70. The highest BCUT2D eigenvalue weighted by molar-refractivity contribution is 6.11. The third-order valence-corrected chi connectivity index (χ3v) is 5.22. The van der Waals surface area contributed by atoms with E-state index in [0.29, 0.717) is 17.7 Å². The van der Waals surface area contributed by atoms with Crippen molar-refractivity contribution in [2.24, 2.45) is 0 Å². The third kappa shape index (κ3) is 3.41. The van der Waals surface area contributed by atoms with E-state index in [-0.39, 0.29) is 11.7 Å². The average molecular weight is 370 g/mol. The van der Waals surface area contributed by atoms with Crippen LogP contribution in [0.1, 0.15) is 44.3 Å². The van der Waals surface area contributed by atoms with Crippen molar-refractivity contribution in [3.63, 3.8) is 0 Å². The summed E-state index contributed by atoms with van der Waals surface area (Å²) in [4.78, 5) is 26.2. The van der Waals surface area contributed by atoms with E-state index in [1.54, 1.807) is 17.0 Å². The summed E-state index contributed by atoms with van der Waals surface area (Å²) in [5.41, 5.74) is 6.58. The quantitative estimate of drug-likeness (QED) is 0.663. The van der Waals surface area contributed by atoms with E-state index in [1.807, 2.05) is 25.2 Å². The van der Waals surface area contributed by atoms with Gasteiger partial charge in [0.2, 0.25) is 0 Å². The molecule has 0 unspecified atom stereocenters. The maximum Gasteiger partial charge on any atom is 0.258 e. The molecule has 3 aromatic rings. The van der Waals surface area contributed by atoms with Crippen LogP contribution in [0.3, 0.4) is 0 Å². The Balaban J connectivity index is 1.51. The fourth-order valence-electron chi connectivity index (χ4n) is 3.55. The van der Waals surface area contributed by atoms with E-state index >= 15 is 0 Å². The molecule has 0 aliphatic carbocycles. The van der Waals surface area contributed by atoms with Gasteiger partial charge in [0.05, 0.1) is 6.54 Å². The molecular formula is C24H22N2O2. The molecule has 1 N–H and O–H groups in total. The summed E-state index contributed by atoms with van der Waals surface area (Å²) in [5.74, 6) is -0.0744. The first kappa shape index (κ1) is 18.0. The molecular weight excluding hydrogens is 348 g/mol. The number of nitrogens with one attached hydrogen (secondary N) is 1. The highest BCUT2D eigenvalue weighted by Gasteiger charge is 2.28. The summed E-state index contributed by atoms with van der Waals surface area (Å²) >= 11 is 0. The second-order valence-electron chi connectivity index (χ2n) is 7.11. The second kappa shape index (κ2) is 7.31. The van der Waals surface area contributed by atoms with Crippen molar-refractivity contribution in [2.45, 2.75) is 19.9 Å². The topological polar surface area (TPSA) is 49.4 Å². The highest BCUT2D eigenvalue weighted by Crippen LogP contribution is 2.29. The fraction of sp³-hybridized carbons (Fsp3) is 0.167. The van der Waals surface area contributed by atoms with Crippen LogP contribution in [0, 0.1) is 0 Å². The molecule has 3 aromatic carbocycles. The van der Waals surface area contributed by atoms with Gasteiger partial charge in [-0.25, -0.2) is 0 Å². The zero-order valence-electron chi connectivity index (χ0n) is 16.0. The van der Waals surface area contributed by atoms with E-state index in [9.17, 15) is 9.59 Å². The number of carbonyl (C=O) groups excluding carboxylic acids is 2. The van der Waals surface area contributed by atoms with Crippen LogP contribution in [0.15, 0.2) is 66.7 Å². The molecule has 1 aliphatic rings. The van der Waals surface area contributed by atoms with E-state index in [1.165, 1.54) is 18.1 Å². The Morgan fingerprint density at radius 1 is 0.964 bits per heavy atom. The largest absolute Gasteiger partial charge is 0.388 e. The first-order chi connectivity index (χ1) is 13.5. The Labute approximate surface area is 164 Å². The van der Waals surface area contributed by atoms with Crippen LogP contribution < -0.4 is 10.2 Å². The van der Waals surface area contributed by atoms with Crippen LogP contribution in [0.25, 0.3) is 0 Å². The number of ketones is 1. The molecule has 1 heterocycles. The van der Waals surface area contributed by atoms with Crippen molar-refractivity contribution >= 4 is 23.1 Å². The number of amides is 1. The molecule has 0 fully saturated rings. The van der Waals surface area contributed by atoms with Crippen LogP contribution in [-0.4, -0.2) is 18.7 Å². The predicted octanol–water partition coefficient (Wildman–Crippen LogP) is 4.68. The number of rotatable bonds is 5. The van der Waals surface area contributed by atoms with E-state index < -0.39 is 0 Å². The van der Waals surface area contributed by atoms with Crippen molar-refractivity contribution < 1.29 is 9.59 Å². The molecule has 0 aromatic heterocycles. The first-order valence-electron chi connectivity index (χ1n) is 9.36. The maximum absolute atomic E-state index is 12.8. The third-order valence-electron chi connectivity index (χ3n) is 5.22. The second-order valence-corrected chi connectivity index (χ2v) is 7.11. The molecule has 1 amide bonds. The highest BCUT2D eigenvalue weighted by atomic mass is 16.2. The summed E-state index contributed by atoms with van der Waals surface area (Å²) in [6.45, 7) is 2.06. The van der Waals surface area contributed by atoms with Gasteiger partial charge in [0.1, 0.15) is 0 Å². The lowest BCUT2D eigenvalue weighted by atomic mass is 10.0. The molecule has 0 saturated carbocycles. The van der Waals surface area contributed by atoms with Gasteiger partial charge in [-0.3, -0.25) is 9.59 Å². The summed E-state index contributed by atoms with van der Waals surface area (Å²) in [5, 5.41) is 3.12. The predicted molar refractivity (Wildman–Crippen MR) is 112 cm³/mol. The number of fused-ring (bicyclic) bond motifs is 1. The molecule has 1 aliphatic heterocycles. The lowest BCUT2D eigenvalue weighted by molar-refractivity contribution is 0.0996. The molecule has 0 bridgehead atoms. The van der Waals surface area contributed by atoms with Crippen LogP contribution in [-0.2, 0) is 13.0 Å². The van der Waals surface area contributed by atoms with Gasteiger partial charge < -0.3 is 10.2 Å². The van der Waals surface area contributed by atoms with Crippen LogP contribution in [0.5, 0.6) is 0 Å². The average Bonchev–Trinajstić information content (AvgIpc) is 3.05. The van der Waals surface area contributed by atoms with E-state index in [0.717, 1.165) is 23.4 Å². The lowest BCUT2D eigenvalue weighted by Crippen LogP contribution is -2.22. The van der Waals surface area contributed by atoms with Gasteiger partial charge in [0, 0.05) is 29.5 Å². The summed E-state index contributed by atoms with van der Waals surface area (Å²) in [7, 11) is 1.91. The minimum atomic E-state index is -0.0477. The van der Waals surface area contributed by atoms with Gasteiger partial charge in [-0.15, -0.1) is 0 Å². The Morgan fingerprint density at radius 2 is 1.61 bits per heavy atom. The van der Waals surface area contributed by atoms with E-state index in [2.05, 4.69) is 41.7 Å². The minimum Gasteiger partial charge on any atom is -0.388 e. The van der Waals surface area contributed by atoms with Gasteiger partial charge in [-0.05, 0) is 60.4 Å². The number of nitrogens with zero attached hydrogens (tertiary/aromatic N) is 1. The first-order valence-corrected chi connectivity index (χ1v) is 9.36. The standard InChI is InChI=1S/C24H22N2O2/c1-16(27)19-7-8-20-15-26(24(28)23(20)14-19)22-11-5-18(6-12-22)13-17-3-9-21(25-2)10-4-17/h3-12,14,25H,13,15H2,1-2H3. The molecule has 28 heavy (non-hydrogen) atoms. The normalized spacial score (nSPS) is 12.8. The maximum atomic E-state index is 12.8. The Hall–Kier alpha value is -3.40. The number of anilines is 2. The Bertz CT molecular complexity index is 1040. The van der Waals surface area contributed by atoms with Crippen molar-refractivity contribution in [1.29, 1.82) is 0 Å². The number of hydrogen-bond acceptors (Lipinski definition) is 3. The van der Waals surface area contributed by atoms with Crippen LogP contribution >= 0.6 is 0 Å². The van der Waals surface area contributed by atoms with Crippen LogP contribution in [0.2, 0.25) is 0 Å². The summed E-state index contributed by atoms with van der Waals surface area (Å²) < 4.78 is 0. The molecule has 0 radical (unpaired) electrons. The summed E-state index contributed by atoms with van der Waals surface area (Å²) in [6, 6.07) is 21.9. The molecule has 0 saturated heterocycles. The lowest BCUT2D eigenvalue weighted by Gasteiger charge is -2.16. The van der Waals surface area contributed by atoms with Gasteiger partial charge in [0.15, 0.2) is 5.78 Å². The molecule has 0 atom stereocenters. The van der Waals surface area contributed by atoms with Crippen LogP contribution in [0.4, 0.5) is 11.4 Å². The van der Waals surface area contributed by atoms with Crippen molar-refractivity contribution in [3.8, 4) is 0 Å². The Morgan fingerprint density at radius 3 is 2.21 bits per heavy atom. The molecule has 4 heteroatoms. The number of hydrogen-bond donors (Lipinski definition) is 1. The zero-order chi connectivity index (χ0) is 19.7. The van der Waals surface area contributed by atoms with Crippen molar-refractivity contribution in [1.82, 2.24) is 0 Å². The molecule has 0 spiro atoms. The molecule has 140 valence electrons. The fourth-order valence-corrected chi connectivity index (χ4v) is 3.55. The smallest absolute Gasteiger partial charge is 0.258 e. The van der Waals surface area contributed by atoms with Gasteiger partial charge in [-0.1, -0.05) is 36.4 Å². The number of carbonyl (C=O) groups is 2. The number of benzene rings is 3. The molecule has 4 rings (SSSR count). The van der Waals surface area contributed by atoms with Crippen molar-refractivity contribution in [2.75, 3.05) is 17.3 Å². The number of Topliss-reactive ketones (excluding diaryl/α,β-unsaturated/α-hetero) is 1. The monoisotopic (exact) mass is 370 g/mol. The summed E-state index contributed by atoms with van der Waals surface area (Å²) in [6.07, 6.45) is 0.848. The van der Waals surface area contributed by atoms with Gasteiger partial charge in [-0.2, -0.15) is 0 Å². The molecule has 4 nitrogen and oxygen atoms in total. The zero-order valence-corrected chi connectivity index (χ0v) is 16.0. The SMILES string of the molecule is CNc1ccc(Cc2ccc(N3Cc4ccc(C(C)=O)cc4C3=O)cc2)cc1. The van der Waals surface area contributed by atoms with Crippen molar-refractivity contribution in [3.05, 3.63) is 94.5 Å². The van der Waals surface area contributed by atoms with Gasteiger partial charge in [0.25, 0.3) is 5.91 Å². The van der Waals surface area contributed by atoms with Gasteiger partial charge >= 0.3 is 0 Å². The minimum absolute atomic E-state index is 0.0267. The van der Waals surface area contributed by atoms with E-state index in [4.69, 9.17) is 0 Å².